The summed E-state index contributed by atoms with van der Waals surface area (Å²) in [5, 5.41) is 13.9. The average molecular weight is 455 g/mol. The molecular weight excluding hydrogens is 404 g/mol. The molecule has 0 saturated carbocycles. The van der Waals surface area contributed by atoms with Crippen LogP contribution in [0.3, 0.4) is 0 Å². The average Bonchev–Trinajstić information content (AvgIpc) is 2.77. The number of carbonyl (C=O) groups is 3. The Balaban J connectivity index is 3.15. The molecule has 0 aliphatic heterocycles. The first kappa shape index (κ1) is 30.4. The van der Waals surface area contributed by atoms with Gasteiger partial charge in [0.25, 0.3) is 0 Å². The van der Waals surface area contributed by atoms with E-state index in [9.17, 15) is 14.4 Å². The third-order valence-electron chi connectivity index (χ3n) is 5.85. The van der Waals surface area contributed by atoms with Crippen LogP contribution in [-0.4, -0.2) is 36.0 Å². The van der Waals surface area contributed by atoms with Gasteiger partial charge in [0.1, 0.15) is 6.54 Å². The molecule has 6 heteroatoms. The lowest BCUT2D eigenvalue weighted by Gasteiger charge is -2.05. The number of carboxylic acid groups (broad SMARTS) is 1. The Hall–Kier alpha value is -1.59. The minimum absolute atomic E-state index is 0.158. The van der Waals surface area contributed by atoms with Crippen molar-refractivity contribution in [1.82, 2.24) is 10.6 Å². The normalized spacial score (nSPS) is 10.8. The Kier molecular flexibility index (Phi) is 22.9. The lowest BCUT2D eigenvalue weighted by molar-refractivity contribution is -0.138. The minimum Gasteiger partial charge on any atom is -0.480 e. The fourth-order valence-corrected chi connectivity index (χ4v) is 3.80. The maximum absolute atomic E-state index is 11.6. The van der Waals surface area contributed by atoms with E-state index in [-0.39, 0.29) is 18.4 Å². The van der Waals surface area contributed by atoms with Crippen LogP contribution in [0.15, 0.2) is 0 Å². The van der Waals surface area contributed by atoms with E-state index in [1.165, 1.54) is 77.0 Å². The Morgan fingerprint density at radius 3 is 1.22 bits per heavy atom. The van der Waals surface area contributed by atoms with E-state index in [0.717, 1.165) is 45.1 Å². The van der Waals surface area contributed by atoms with Crippen molar-refractivity contribution < 1.29 is 19.5 Å². The van der Waals surface area contributed by atoms with Crippen LogP contribution in [0.5, 0.6) is 0 Å². The SMILES string of the molecule is CCCCNC(=O)CCCCCCCCCCCCCCCCCCC(=O)NCC(=O)O. The number of nitrogens with one attached hydrogen (secondary N) is 2. The molecule has 188 valence electrons. The highest BCUT2D eigenvalue weighted by atomic mass is 16.4. The van der Waals surface area contributed by atoms with Crippen molar-refractivity contribution in [2.75, 3.05) is 13.1 Å². The fourth-order valence-electron chi connectivity index (χ4n) is 3.80. The lowest BCUT2D eigenvalue weighted by atomic mass is 10.0. The summed E-state index contributed by atoms with van der Waals surface area (Å²) in [5.41, 5.74) is 0. The largest absolute Gasteiger partial charge is 0.480 e. The number of hydrogen-bond acceptors (Lipinski definition) is 3. The molecule has 0 aliphatic rings. The van der Waals surface area contributed by atoms with E-state index in [2.05, 4.69) is 17.6 Å². The Morgan fingerprint density at radius 1 is 0.531 bits per heavy atom. The molecule has 0 heterocycles. The summed E-state index contributed by atoms with van der Waals surface area (Å²) in [5.74, 6) is -0.933. The summed E-state index contributed by atoms with van der Waals surface area (Å²) in [6.45, 7) is 2.69. The van der Waals surface area contributed by atoms with Gasteiger partial charge in [-0.05, 0) is 19.3 Å². The smallest absolute Gasteiger partial charge is 0.322 e. The van der Waals surface area contributed by atoms with Crippen molar-refractivity contribution in [3.05, 3.63) is 0 Å². The molecule has 32 heavy (non-hydrogen) atoms. The molecule has 0 aromatic rings. The molecule has 0 bridgehead atoms. The summed E-state index contributed by atoms with van der Waals surface area (Å²) in [7, 11) is 0. The number of unbranched alkanes of at least 4 members (excludes halogenated alkanes) is 16. The maximum Gasteiger partial charge on any atom is 0.322 e. The van der Waals surface area contributed by atoms with Gasteiger partial charge in [-0.2, -0.15) is 0 Å². The predicted octanol–water partition coefficient (Wildman–Crippen LogP) is 6.13. The fraction of sp³-hybridized carbons (Fsp3) is 0.885. The molecule has 6 nitrogen and oxygen atoms in total. The minimum atomic E-state index is -0.995. The van der Waals surface area contributed by atoms with E-state index in [0.29, 0.717) is 12.8 Å². The molecule has 0 fully saturated rings. The van der Waals surface area contributed by atoms with E-state index in [1.807, 2.05) is 0 Å². The number of carboxylic acids is 1. The number of aliphatic carboxylic acids is 1. The van der Waals surface area contributed by atoms with Crippen LogP contribution in [-0.2, 0) is 14.4 Å². The molecule has 0 unspecified atom stereocenters. The molecule has 0 aromatic heterocycles. The quantitative estimate of drug-likeness (QED) is 0.153. The van der Waals surface area contributed by atoms with Gasteiger partial charge >= 0.3 is 5.97 Å². The van der Waals surface area contributed by atoms with Gasteiger partial charge in [0, 0.05) is 19.4 Å². The Bertz CT molecular complexity index is 469. The second kappa shape index (κ2) is 24.1. The summed E-state index contributed by atoms with van der Waals surface area (Å²) in [6.07, 6.45) is 23.0. The van der Waals surface area contributed by atoms with Crippen LogP contribution in [0.1, 0.15) is 135 Å². The highest BCUT2D eigenvalue weighted by molar-refractivity contribution is 5.80. The van der Waals surface area contributed by atoms with Crippen LogP contribution < -0.4 is 10.6 Å². The van der Waals surface area contributed by atoms with E-state index in [1.54, 1.807) is 0 Å². The van der Waals surface area contributed by atoms with Crippen LogP contribution >= 0.6 is 0 Å². The lowest BCUT2D eigenvalue weighted by Crippen LogP contribution is -2.28. The zero-order valence-electron chi connectivity index (χ0n) is 20.7. The van der Waals surface area contributed by atoms with E-state index in [4.69, 9.17) is 5.11 Å². The van der Waals surface area contributed by atoms with Gasteiger partial charge in [0.05, 0.1) is 0 Å². The summed E-state index contributed by atoms with van der Waals surface area (Å²) in [4.78, 5) is 33.3. The monoisotopic (exact) mass is 454 g/mol. The van der Waals surface area contributed by atoms with Gasteiger partial charge < -0.3 is 15.7 Å². The van der Waals surface area contributed by atoms with Gasteiger partial charge in [-0.3, -0.25) is 14.4 Å². The Labute approximate surface area is 196 Å². The third kappa shape index (κ3) is 24.7. The Morgan fingerprint density at radius 2 is 0.875 bits per heavy atom. The van der Waals surface area contributed by atoms with E-state index >= 15 is 0 Å². The molecule has 0 atom stereocenters. The molecule has 0 spiro atoms. The van der Waals surface area contributed by atoms with E-state index < -0.39 is 5.97 Å². The van der Waals surface area contributed by atoms with Crippen molar-refractivity contribution in [3.8, 4) is 0 Å². The molecular formula is C26H50N2O4. The highest BCUT2D eigenvalue weighted by Crippen LogP contribution is 2.14. The molecule has 0 radical (unpaired) electrons. The van der Waals surface area contributed by atoms with Gasteiger partial charge in [0.15, 0.2) is 0 Å². The summed E-state index contributed by atoms with van der Waals surface area (Å²) < 4.78 is 0. The number of rotatable bonds is 24. The molecule has 3 N–H and O–H groups in total. The van der Waals surface area contributed by atoms with Crippen molar-refractivity contribution in [2.45, 2.75) is 135 Å². The molecule has 2 amide bonds. The molecule has 0 rings (SSSR count). The molecule has 0 aliphatic carbocycles. The highest BCUT2D eigenvalue weighted by Gasteiger charge is 2.03. The van der Waals surface area contributed by atoms with Crippen LogP contribution in [0, 0.1) is 0 Å². The zero-order chi connectivity index (χ0) is 23.7. The molecule has 0 aromatic carbocycles. The first-order chi connectivity index (χ1) is 15.6. The second-order valence-corrected chi connectivity index (χ2v) is 9.03. The number of carbonyl (C=O) groups excluding carboxylic acids is 2. The van der Waals surface area contributed by atoms with Crippen LogP contribution in [0.4, 0.5) is 0 Å². The van der Waals surface area contributed by atoms with Gasteiger partial charge in [-0.1, -0.05) is 103 Å². The standard InChI is InChI=1S/C26H50N2O4/c1-2-3-22-27-24(29)20-18-16-14-12-10-8-6-4-5-7-9-11-13-15-17-19-21-25(30)28-23-26(31)32/h2-23H2,1H3,(H,27,29)(H,28,30)(H,31,32). The second-order valence-electron chi connectivity index (χ2n) is 9.03. The number of amides is 2. The van der Waals surface area contributed by atoms with Gasteiger partial charge in [-0.25, -0.2) is 0 Å². The third-order valence-corrected chi connectivity index (χ3v) is 5.85. The van der Waals surface area contributed by atoms with Gasteiger partial charge in [0.2, 0.25) is 11.8 Å². The van der Waals surface area contributed by atoms with Crippen molar-refractivity contribution >= 4 is 17.8 Å². The zero-order valence-corrected chi connectivity index (χ0v) is 20.7. The topological polar surface area (TPSA) is 95.5 Å². The summed E-state index contributed by atoms with van der Waals surface area (Å²) >= 11 is 0. The maximum atomic E-state index is 11.6. The van der Waals surface area contributed by atoms with Crippen molar-refractivity contribution in [3.63, 3.8) is 0 Å². The number of hydrogen-bond donors (Lipinski definition) is 3. The molecule has 0 saturated heterocycles. The predicted molar refractivity (Wildman–Crippen MR) is 132 cm³/mol. The summed E-state index contributed by atoms with van der Waals surface area (Å²) in [6, 6.07) is 0. The van der Waals surface area contributed by atoms with Crippen molar-refractivity contribution in [2.24, 2.45) is 0 Å². The van der Waals surface area contributed by atoms with Crippen LogP contribution in [0.2, 0.25) is 0 Å². The van der Waals surface area contributed by atoms with Gasteiger partial charge in [-0.15, -0.1) is 0 Å². The van der Waals surface area contributed by atoms with Crippen molar-refractivity contribution in [1.29, 1.82) is 0 Å². The van der Waals surface area contributed by atoms with Crippen LogP contribution in [0.25, 0.3) is 0 Å². The first-order valence-corrected chi connectivity index (χ1v) is 13.3. The first-order valence-electron chi connectivity index (χ1n) is 13.3.